The van der Waals surface area contributed by atoms with Gasteiger partial charge in [0.25, 0.3) is 0 Å². The fourth-order valence-corrected chi connectivity index (χ4v) is 9.27. The van der Waals surface area contributed by atoms with E-state index in [4.69, 9.17) is 21.1 Å². The van der Waals surface area contributed by atoms with Crippen molar-refractivity contribution in [3.05, 3.63) is 64.7 Å². The van der Waals surface area contributed by atoms with E-state index in [1.165, 1.54) is 0 Å². The number of fused-ring (bicyclic) bond motifs is 2. The Balaban J connectivity index is 1.24. The van der Waals surface area contributed by atoms with Gasteiger partial charge in [0.1, 0.15) is 11.5 Å². The Bertz CT molecular complexity index is 1310. The van der Waals surface area contributed by atoms with Crippen molar-refractivity contribution in [2.75, 3.05) is 45.6 Å². The van der Waals surface area contributed by atoms with Crippen LogP contribution in [0.4, 0.5) is 0 Å². The van der Waals surface area contributed by atoms with Gasteiger partial charge in [-0.05, 0) is 59.6 Å². The molecule has 1 aliphatic heterocycles. The van der Waals surface area contributed by atoms with Gasteiger partial charge in [0.2, 0.25) is 10.0 Å². The maximum absolute atomic E-state index is 13.6. The number of ether oxygens (including phenoxy) is 2. The van der Waals surface area contributed by atoms with Gasteiger partial charge in [-0.3, -0.25) is 9.69 Å². The predicted octanol–water partition coefficient (Wildman–Crippen LogP) is 4.95. The lowest BCUT2D eigenvalue weighted by Crippen LogP contribution is -2.53. The fraction of sp³-hybridized carbons (Fsp3) is 0.567. The van der Waals surface area contributed by atoms with Crippen molar-refractivity contribution in [2.24, 2.45) is 16.7 Å². The number of sulfonamides is 1. The minimum atomic E-state index is -3.55. The smallest absolute Gasteiger partial charge is 0.215 e. The minimum Gasteiger partial charge on any atom is -0.497 e. The van der Waals surface area contributed by atoms with Crippen LogP contribution in [0, 0.1) is 16.7 Å². The molecule has 0 spiro atoms. The van der Waals surface area contributed by atoms with Crippen LogP contribution in [0.1, 0.15) is 50.3 Å². The number of rotatable bonds is 10. The van der Waals surface area contributed by atoms with E-state index in [9.17, 15) is 13.2 Å². The first kappa shape index (κ1) is 28.6. The van der Waals surface area contributed by atoms with Gasteiger partial charge in [0.15, 0.2) is 0 Å². The third-order valence-corrected chi connectivity index (χ3v) is 11.8. The number of ketones is 1. The highest BCUT2D eigenvalue weighted by Crippen LogP contribution is 2.64. The van der Waals surface area contributed by atoms with Gasteiger partial charge in [-0.2, -0.15) is 4.31 Å². The van der Waals surface area contributed by atoms with E-state index in [-0.39, 0.29) is 23.1 Å². The lowest BCUT2D eigenvalue weighted by molar-refractivity contribution is -0.128. The molecule has 3 aliphatic rings. The number of halogens is 1. The zero-order chi connectivity index (χ0) is 27.8. The van der Waals surface area contributed by atoms with Gasteiger partial charge in [-0.1, -0.05) is 49.7 Å². The maximum atomic E-state index is 13.6. The first-order valence-corrected chi connectivity index (χ1v) is 15.8. The number of hydrogen-bond acceptors (Lipinski definition) is 6. The number of Topliss-reactive ketones (excluding diaryl/α,β-unsaturated/α-hetero) is 1. The molecule has 5 rings (SSSR count). The van der Waals surface area contributed by atoms with Crippen LogP contribution < -0.4 is 4.74 Å². The summed E-state index contributed by atoms with van der Waals surface area (Å²) in [7, 11) is -1.91. The molecule has 1 heterocycles. The molecule has 3 atom stereocenters. The van der Waals surface area contributed by atoms with E-state index in [0.717, 1.165) is 23.3 Å². The van der Waals surface area contributed by atoms with E-state index >= 15 is 0 Å². The van der Waals surface area contributed by atoms with E-state index in [1.807, 2.05) is 48.5 Å². The second-order valence-corrected chi connectivity index (χ2v) is 14.2. The summed E-state index contributed by atoms with van der Waals surface area (Å²) in [4.78, 5) is 15.2. The number of carbonyl (C=O) groups is 1. The van der Waals surface area contributed by atoms with Gasteiger partial charge in [0, 0.05) is 49.6 Å². The van der Waals surface area contributed by atoms with Gasteiger partial charge in [-0.25, -0.2) is 8.42 Å². The first-order valence-electron chi connectivity index (χ1n) is 13.8. The average molecular weight is 575 g/mol. The summed E-state index contributed by atoms with van der Waals surface area (Å²) in [6.07, 6.45) is 1.93. The normalized spacial score (nSPS) is 26.2. The van der Waals surface area contributed by atoms with E-state index in [2.05, 4.69) is 18.7 Å². The van der Waals surface area contributed by atoms with E-state index in [0.29, 0.717) is 63.1 Å². The molecular weight excluding hydrogens is 536 g/mol. The van der Waals surface area contributed by atoms with Gasteiger partial charge >= 0.3 is 0 Å². The zero-order valence-corrected chi connectivity index (χ0v) is 24.6. The third-order valence-electron chi connectivity index (χ3n) is 9.52. The van der Waals surface area contributed by atoms with Gasteiger partial charge in [0.05, 0.1) is 25.6 Å². The van der Waals surface area contributed by atoms with Crippen molar-refractivity contribution in [3.63, 3.8) is 0 Å². The molecule has 39 heavy (non-hydrogen) atoms. The highest BCUT2D eigenvalue weighted by atomic mass is 35.5. The number of hydrogen-bond donors (Lipinski definition) is 0. The van der Waals surface area contributed by atoms with Crippen molar-refractivity contribution < 1.29 is 22.7 Å². The number of methoxy groups -OCH3 is 1. The lowest BCUT2D eigenvalue weighted by atomic mass is 9.70. The molecule has 0 aromatic heterocycles. The Morgan fingerprint density at radius 2 is 1.82 bits per heavy atom. The molecule has 0 unspecified atom stereocenters. The summed E-state index contributed by atoms with van der Waals surface area (Å²) < 4.78 is 40.6. The van der Waals surface area contributed by atoms with Crippen molar-refractivity contribution in [2.45, 2.75) is 45.8 Å². The summed E-state index contributed by atoms with van der Waals surface area (Å²) >= 11 is 6.17. The summed E-state index contributed by atoms with van der Waals surface area (Å²) in [6.45, 7) is 7.24. The van der Waals surface area contributed by atoms with Gasteiger partial charge < -0.3 is 9.47 Å². The highest BCUT2D eigenvalue weighted by molar-refractivity contribution is 7.89. The lowest BCUT2D eigenvalue weighted by Gasteiger charge is -2.40. The van der Waals surface area contributed by atoms with Crippen LogP contribution in [0.5, 0.6) is 5.75 Å². The monoisotopic (exact) mass is 574 g/mol. The molecule has 2 saturated carbocycles. The number of benzene rings is 2. The van der Waals surface area contributed by atoms with E-state index < -0.39 is 15.4 Å². The molecule has 1 saturated heterocycles. The molecule has 2 aliphatic carbocycles. The Kier molecular flexibility index (Phi) is 8.15. The molecule has 0 amide bonds. The van der Waals surface area contributed by atoms with Crippen LogP contribution in [0.3, 0.4) is 0 Å². The standard InChI is InChI=1S/C30H39ClN2O5S/c1-29(2)24-10-11-30(29,28(34)18-24)21-39(35,36)33-14-12-32(13-15-33)19-27(23-7-5-9-26(17-23)37-3)38-20-22-6-4-8-25(31)16-22/h4-9,16-17,24,27H,10-15,18-21H2,1-3H3/t24-,27-,30-/m0/s1. The molecule has 212 valence electrons. The number of nitrogens with zero attached hydrogens (tertiary/aromatic N) is 2. The SMILES string of the molecule is COc1cccc([C@H](CN2CCN(S(=O)(=O)C[C@@]34CC[C@@H](CC3=O)C4(C)C)CC2)OCc2cccc(Cl)c2)c1. The molecule has 3 fully saturated rings. The van der Waals surface area contributed by atoms with Crippen LogP contribution in [-0.2, 0) is 26.2 Å². The van der Waals surface area contributed by atoms with Crippen molar-refractivity contribution in [1.82, 2.24) is 9.21 Å². The van der Waals surface area contributed by atoms with Crippen molar-refractivity contribution in [1.29, 1.82) is 0 Å². The van der Waals surface area contributed by atoms with Crippen LogP contribution in [0.15, 0.2) is 48.5 Å². The van der Waals surface area contributed by atoms with Gasteiger partial charge in [-0.15, -0.1) is 0 Å². The third kappa shape index (κ3) is 5.64. The first-order chi connectivity index (χ1) is 18.5. The summed E-state index contributed by atoms with van der Waals surface area (Å²) in [5, 5.41) is 0.668. The number of carbonyl (C=O) groups excluding carboxylic acids is 1. The summed E-state index contributed by atoms with van der Waals surface area (Å²) in [5.41, 5.74) is 0.996. The maximum Gasteiger partial charge on any atom is 0.215 e. The summed E-state index contributed by atoms with van der Waals surface area (Å²) in [6, 6.07) is 15.5. The number of piperazine rings is 1. The molecular formula is C30H39ClN2O5S. The Morgan fingerprint density at radius 3 is 2.46 bits per heavy atom. The molecule has 0 N–H and O–H groups in total. The molecule has 2 aromatic carbocycles. The van der Waals surface area contributed by atoms with Crippen LogP contribution in [0.25, 0.3) is 0 Å². The Labute approximate surface area is 237 Å². The fourth-order valence-electron chi connectivity index (χ4n) is 6.86. The molecule has 9 heteroatoms. The largest absolute Gasteiger partial charge is 0.497 e. The van der Waals surface area contributed by atoms with Crippen LogP contribution >= 0.6 is 11.6 Å². The Morgan fingerprint density at radius 1 is 1.08 bits per heavy atom. The molecule has 0 radical (unpaired) electrons. The molecule has 2 aromatic rings. The quantitative estimate of drug-likeness (QED) is 0.400. The van der Waals surface area contributed by atoms with E-state index in [1.54, 1.807) is 11.4 Å². The topological polar surface area (TPSA) is 76.2 Å². The highest BCUT2D eigenvalue weighted by Gasteiger charge is 2.65. The second-order valence-electron chi connectivity index (χ2n) is 11.8. The van der Waals surface area contributed by atoms with Crippen molar-refractivity contribution in [3.8, 4) is 5.75 Å². The zero-order valence-electron chi connectivity index (χ0n) is 23.1. The van der Waals surface area contributed by atoms with Crippen molar-refractivity contribution >= 4 is 27.4 Å². The predicted molar refractivity (Wildman–Crippen MR) is 152 cm³/mol. The average Bonchev–Trinajstić information content (AvgIpc) is 3.25. The molecule has 7 nitrogen and oxygen atoms in total. The Hall–Kier alpha value is -1.97. The minimum absolute atomic E-state index is 0.0580. The molecule has 2 bridgehead atoms. The summed E-state index contributed by atoms with van der Waals surface area (Å²) in [5.74, 6) is 1.15. The van der Waals surface area contributed by atoms with Crippen LogP contribution in [-0.4, -0.2) is 69.0 Å². The van der Waals surface area contributed by atoms with Crippen LogP contribution in [0.2, 0.25) is 5.02 Å². The second kappa shape index (κ2) is 11.1.